The summed E-state index contributed by atoms with van der Waals surface area (Å²) in [6.45, 7) is 1.71. The molecule has 19 heavy (non-hydrogen) atoms. The molecule has 108 valence electrons. The van der Waals surface area contributed by atoms with Gasteiger partial charge in [0.2, 0.25) is 0 Å². The molecule has 0 bridgehead atoms. The maximum atomic E-state index is 13.0. The van der Waals surface area contributed by atoms with Crippen LogP contribution in [0.2, 0.25) is 10.0 Å². The first-order valence-electron chi connectivity index (χ1n) is 5.67. The summed E-state index contributed by atoms with van der Waals surface area (Å²) in [6.07, 6.45) is -4.66. The number of hydrogen-bond donors (Lipinski definition) is 1. The lowest BCUT2D eigenvalue weighted by atomic mass is 10.1. The zero-order chi connectivity index (χ0) is 14.6. The number of anilines is 1. The molecule has 0 amide bonds. The van der Waals surface area contributed by atoms with Gasteiger partial charge in [0.05, 0.1) is 15.7 Å². The predicted molar refractivity (Wildman–Crippen MR) is 69.4 cm³/mol. The van der Waals surface area contributed by atoms with E-state index in [0.29, 0.717) is 12.1 Å². The molecule has 7 heteroatoms. The summed E-state index contributed by atoms with van der Waals surface area (Å²) < 4.78 is 49.0. The van der Waals surface area contributed by atoms with E-state index in [0.717, 1.165) is 12.1 Å². The molecule has 1 nitrogen and oxygen atoms in total. The van der Waals surface area contributed by atoms with E-state index in [9.17, 15) is 17.6 Å². The highest BCUT2D eigenvalue weighted by molar-refractivity contribution is 6.39. The Bertz CT molecular complexity index is 411. The number of benzene rings is 1. The zero-order valence-corrected chi connectivity index (χ0v) is 11.6. The fourth-order valence-electron chi connectivity index (χ4n) is 1.61. The van der Waals surface area contributed by atoms with E-state index in [1.165, 1.54) is 0 Å². The highest BCUT2D eigenvalue weighted by Gasteiger charge is 2.26. The molecule has 0 aliphatic carbocycles. The van der Waals surface area contributed by atoms with Crippen molar-refractivity contribution in [1.82, 2.24) is 0 Å². The first kappa shape index (κ1) is 16.4. The number of hydrogen-bond acceptors (Lipinski definition) is 1. The molecule has 0 aliphatic rings. The van der Waals surface area contributed by atoms with Crippen LogP contribution in [0.15, 0.2) is 12.1 Å². The van der Waals surface area contributed by atoms with Crippen LogP contribution in [0, 0.1) is 5.82 Å². The highest BCUT2D eigenvalue weighted by atomic mass is 35.5. The van der Waals surface area contributed by atoms with Gasteiger partial charge in [-0.05, 0) is 31.9 Å². The molecule has 0 aliphatic heterocycles. The second-order valence-corrected chi connectivity index (χ2v) is 5.11. The summed E-state index contributed by atoms with van der Waals surface area (Å²) in [7, 11) is 0. The molecule has 1 aromatic carbocycles. The van der Waals surface area contributed by atoms with Crippen LogP contribution in [0.3, 0.4) is 0 Å². The predicted octanol–water partition coefficient (Wildman–Crippen LogP) is 5.67. The first-order valence-corrected chi connectivity index (χ1v) is 6.42. The molecule has 0 saturated carbocycles. The maximum Gasteiger partial charge on any atom is 0.389 e. The van der Waals surface area contributed by atoms with E-state index in [1.54, 1.807) is 6.92 Å². The third kappa shape index (κ3) is 5.87. The van der Waals surface area contributed by atoms with Crippen LogP contribution >= 0.6 is 23.2 Å². The van der Waals surface area contributed by atoms with Gasteiger partial charge in [-0.2, -0.15) is 13.2 Å². The smallest absolute Gasteiger partial charge is 0.380 e. The van der Waals surface area contributed by atoms with Crippen LogP contribution in [0.5, 0.6) is 0 Å². The molecule has 1 rings (SSSR count). The average Bonchev–Trinajstić information content (AvgIpc) is 2.21. The minimum absolute atomic E-state index is 0.00804. The normalized spacial score (nSPS) is 13.4. The van der Waals surface area contributed by atoms with Gasteiger partial charge in [0.25, 0.3) is 0 Å². The maximum absolute atomic E-state index is 13.0. The Labute approximate surface area is 118 Å². The number of rotatable bonds is 5. The standard InChI is InChI=1S/C12H13Cl2F4N/c1-7(3-2-4-12(16,17)18)19-11-9(13)5-8(15)6-10(11)14/h5-7,19H,2-4H2,1H3. The second-order valence-electron chi connectivity index (χ2n) is 4.30. The van der Waals surface area contributed by atoms with Crippen molar-refractivity contribution in [1.29, 1.82) is 0 Å². The second kappa shape index (κ2) is 6.66. The number of nitrogens with one attached hydrogen (secondary N) is 1. The molecule has 0 heterocycles. The first-order chi connectivity index (χ1) is 8.69. The Balaban J connectivity index is 2.55. The van der Waals surface area contributed by atoms with E-state index >= 15 is 0 Å². The third-order valence-corrected chi connectivity index (χ3v) is 3.09. The molecule has 0 saturated heterocycles. The molecule has 1 unspecified atom stereocenters. The van der Waals surface area contributed by atoms with Crippen molar-refractivity contribution in [2.45, 2.75) is 38.4 Å². The van der Waals surface area contributed by atoms with E-state index in [1.807, 2.05) is 0 Å². The van der Waals surface area contributed by atoms with Crippen LogP contribution < -0.4 is 5.32 Å². The van der Waals surface area contributed by atoms with E-state index < -0.39 is 18.4 Å². The summed E-state index contributed by atoms with van der Waals surface area (Å²) in [5.74, 6) is -0.565. The molecule has 0 aromatic heterocycles. The lowest BCUT2D eigenvalue weighted by Gasteiger charge is -2.18. The summed E-state index contributed by atoms with van der Waals surface area (Å²) in [5.41, 5.74) is 0.337. The van der Waals surface area contributed by atoms with Gasteiger partial charge in [-0.15, -0.1) is 0 Å². The lowest BCUT2D eigenvalue weighted by molar-refractivity contribution is -0.135. The van der Waals surface area contributed by atoms with Crippen molar-refractivity contribution < 1.29 is 17.6 Å². The van der Waals surface area contributed by atoms with Crippen molar-refractivity contribution in [2.24, 2.45) is 0 Å². The molecule has 1 aromatic rings. The van der Waals surface area contributed by atoms with E-state index in [2.05, 4.69) is 5.32 Å². The Hall–Kier alpha value is -0.680. The van der Waals surface area contributed by atoms with Crippen LogP contribution in [0.25, 0.3) is 0 Å². The van der Waals surface area contributed by atoms with Crippen molar-refractivity contribution >= 4 is 28.9 Å². The summed E-state index contributed by atoms with van der Waals surface area (Å²) >= 11 is 11.6. The monoisotopic (exact) mass is 317 g/mol. The number of alkyl halides is 3. The fraction of sp³-hybridized carbons (Fsp3) is 0.500. The minimum atomic E-state index is -4.15. The Morgan fingerprint density at radius 1 is 1.21 bits per heavy atom. The molecule has 0 radical (unpaired) electrons. The van der Waals surface area contributed by atoms with Gasteiger partial charge < -0.3 is 5.32 Å². The molecule has 0 spiro atoms. The Morgan fingerprint density at radius 3 is 2.21 bits per heavy atom. The van der Waals surface area contributed by atoms with Gasteiger partial charge >= 0.3 is 6.18 Å². The minimum Gasteiger partial charge on any atom is -0.380 e. The average molecular weight is 318 g/mol. The Kier molecular flexibility index (Phi) is 5.74. The van der Waals surface area contributed by atoms with Gasteiger partial charge in [-0.1, -0.05) is 23.2 Å². The summed E-state index contributed by atoms with van der Waals surface area (Å²) in [6, 6.07) is 1.94. The van der Waals surface area contributed by atoms with Crippen molar-refractivity contribution in [3.63, 3.8) is 0 Å². The van der Waals surface area contributed by atoms with Crippen LogP contribution in [-0.4, -0.2) is 12.2 Å². The quantitative estimate of drug-likeness (QED) is 0.690. The lowest BCUT2D eigenvalue weighted by Crippen LogP contribution is -2.17. The summed E-state index contributed by atoms with van der Waals surface area (Å²) in [5, 5.41) is 3.10. The topological polar surface area (TPSA) is 12.0 Å². The molecule has 1 atom stereocenters. The molecular formula is C12H13Cl2F4N. The van der Waals surface area contributed by atoms with E-state index in [-0.39, 0.29) is 22.5 Å². The van der Waals surface area contributed by atoms with Gasteiger partial charge in [0, 0.05) is 12.5 Å². The molecule has 0 fully saturated rings. The zero-order valence-electron chi connectivity index (χ0n) is 10.1. The SMILES string of the molecule is CC(CCCC(F)(F)F)Nc1c(Cl)cc(F)cc1Cl. The van der Waals surface area contributed by atoms with Crippen molar-refractivity contribution in [3.05, 3.63) is 28.0 Å². The highest BCUT2D eigenvalue weighted by Crippen LogP contribution is 2.32. The Morgan fingerprint density at radius 2 is 1.74 bits per heavy atom. The molecular weight excluding hydrogens is 305 g/mol. The van der Waals surface area contributed by atoms with Crippen LogP contribution in [0.1, 0.15) is 26.2 Å². The van der Waals surface area contributed by atoms with Gasteiger partial charge in [0.15, 0.2) is 0 Å². The summed E-state index contributed by atoms with van der Waals surface area (Å²) in [4.78, 5) is 0. The number of halogens is 6. The van der Waals surface area contributed by atoms with Crippen LogP contribution in [0.4, 0.5) is 23.2 Å². The fourth-order valence-corrected chi connectivity index (χ4v) is 2.18. The third-order valence-electron chi connectivity index (χ3n) is 2.50. The largest absolute Gasteiger partial charge is 0.389 e. The van der Waals surface area contributed by atoms with Crippen molar-refractivity contribution in [2.75, 3.05) is 5.32 Å². The van der Waals surface area contributed by atoms with E-state index in [4.69, 9.17) is 23.2 Å². The molecule has 1 N–H and O–H groups in total. The van der Waals surface area contributed by atoms with Crippen molar-refractivity contribution in [3.8, 4) is 0 Å². The van der Waals surface area contributed by atoms with Crippen LogP contribution in [-0.2, 0) is 0 Å². The van der Waals surface area contributed by atoms with Gasteiger partial charge in [-0.25, -0.2) is 4.39 Å². The van der Waals surface area contributed by atoms with Gasteiger partial charge in [0.1, 0.15) is 5.82 Å². The van der Waals surface area contributed by atoms with Gasteiger partial charge in [-0.3, -0.25) is 0 Å².